The molecule has 0 atom stereocenters. The van der Waals surface area contributed by atoms with E-state index in [4.69, 9.17) is 4.42 Å². The molecule has 1 aromatic heterocycles. The molecule has 0 N–H and O–H groups in total. The number of furan rings is 1. The molecule has 0 amide bonds. The average molecular weight is 854 g/mol. The molecule has 2 heteroatoms. The molecule has 0 radical (unpaired) electrons. The third kappa shape index (κ3) is 6.11. The summed E-state index contributed by atoms with van der Waals surface area (Å²) >= 11 is 0. The predicted octanol–water partition coefficient (Wildman–Crippen LogP) is 17.6. The standard InChI is InChI=1S/C65H43NO/c1-4-20-44(21-5-1)46-38-41-62-57(42-46)64-61(36-19-37-63(64)67-62)66(60-35-17-14-32-56(60)53-40-39-50(45-22-6-2-7-23-45)51-28-10-11-29-52(51)53)49-27-18-26-48(43-49)65(47-24-8-3-9-25-47)58-33-15-12-30-54(58)55-31-13-16-34-59(55)65/h1-43H. The van der Waals surface area contributed by atoms with Crippen LogP contribution in [0.15, 0.2) is 265 Å². The van der Waals surface area contributed by atoms with E-state index in [1.54, 1.807) is 0 Å². The number of fused-ring (bicyclic) bond motifs is 7. The van der Waals surface area contributed by atoms with Crippen LogP contribution in [0.4, 0.5) is 17.1 Å². The van der Waals surface area contributed by atoms with Crippen LogP contribution in [-0.2, 0) is 5.41 Å². The molecular weight excluding hydrogens is 811 g/mol. The summed E-state index contributed by atoms with van der Waals surface area (Å²) in [6.07, 6.45) is 0. The van der Waals surface area contributed by atoms with Crippen molar-refractivity contribution in [3.8, 4) is 44.5 Å². The molecule has 2 nitrogen and oxygen atoms in total. The van der Waals surface area contributed by atoms with Crippen molar-refractivity contribution in [2.45, 2.75) is 5.41 Å². The summed E-state index contributed by atoms with van der Waals surface area (Å²) in [5, 5.41) is 4.55. The molecular formula is C65H43NO. The second-order valence-electron chi connectivity index (χ2n) is 17.5. The van der Waals surface area contributed by atoms with Crippen LogP contribution in [0.25, 0.3) is 77.2 Å². The molecule has 0 spiro atoms. The highest BCUT2D eigenvalue weighted by Gasteiger charge is 2.46. The van der Waals surface area contributed by atoms with Crippen molar-refractivity contribution in [3.05, 3.63) is 283 Å². The van der Waals surface area contributed by atoms with E-state index in [9.17, 15) is 0 Å². The minimum Gasteiger partial charge on any atom is -0.456 e. The van der Waals surface area contributed by atoms with Gasteiger partial charge in [-0.05, 0) is 114 Å². The second-order valence-corrected chi connectivity index (χ2v) is 17.5. The summed E-state index contributed by atoms with van der Waals surface area (Å²) in [5.74, 6) is 0. The van der Waals surface area contributed by atoms with Gasteiger partial charge in [0, 0.05) is 16.6 Å². The molecule has 13 rings (SSSR count). The minimum absolute atomic E-state index is 0.571. The molecule has 67 heavy (non-hydrogen) atoms. The Hall–Kier alpha value is -8.72. The van der Waals surface area contributed by atoms with Gasteiger partial charge in [-0.15, -0.1) is 0 Å². The number of rotatable bonds is 8. The zero-order valence-corrected chi connectivity index (χ0v) is 36.7. The van der Waals surface area contributed by atoms with Crippen molar-refractivity contribution in [2.24, 2.45) is 0 Å². The minimum atomic E-state index is -0.571. The molecule has 0 saturated carbocycles. The Morgan fingerprint density at radius 1 is 0.299 bits per heavy atom. The van der Waals surface area contributed by atoms with Crippen molar-refractivity contribution in [1.29, 1.82) is 0 Å². The van der Waals surface area contributed by atoms with Gasteiger partial charge >= 0.3 is 0 Å². The Kier molecular flexibility index (Phi) is 9.11. The highest BCUT2D eigenvalue weighted by molar-refractivity contribution is 6.15. The molecule has 12 aromatic rings. The first-order valence-electron chi connectivity index (χ1n) is 23.1. The lowest BCUT2D eigenvalue weighted by molar-refractivity contribution is 0.669. The predicted molar refractivity (Wildman–Crippen MR) is 280 cm³/mol. The molecule has 1 aliphatic rings. The first-order chi connectivity index (χ1) is 33.3. The lowest BCUT2D eigenvalue weighted by Gasteiger charge is -2.35. The van der Waals surface area contributed by atoms with Crippen LogP contribution >= 0.6 is 0 Å². The summed E-state index contributed by atoms with van der Waals surface area (Å²) in [5.41, 5.74) is 18.9. The van der Waals surface area contributed by atoms with Gasteiger partial charge in [0.15, 0.2) is 0 Å². The first kappa shape index (κ1) is 38.7. The fourth-order valence-corrected chi connectivity index (χ4v) is 11.1. The number of para-hydroxylation sites is 1. The van der Waals surface area contributed by atoms with E-state index in [0.717, 1.165) is 50.1 Å². The van der Waals surface area contributed by atoms with Crippen molar-refractivity contribution < 1.29 is 4.42 Å². The molecule has 0 saturated heterocycles. The number of anilines is 3. The van der Waals surface area contributed by atoms with Crippen LogP contribution in [-0.4, -0.2) is 0 Å². The Morgan fingerprint density at radius 3 is 1.58 bits per heavy atom. The Labute approximate surface area is 390 Å². The van der Waals surface area contributed by atoms with Gasteiger partial charge in [-0.2, -0.15) is 0 Å². The largest absolute Gasteiger partial charge is 0.456 e. The second kappa shape index (κ2) is 15.8. The number of hydrogen-bond donors (Lipinski definition) is 0. The maximum atomic E-state index is 6.76. The number of benzene rings is 11. The van der Waals surface area contributed by atoms with Crippen molar-refractivity contribution in [2.75, 3.05) is 4.90 Å². The van der Waals surface area contributed by atoms with Gasteiger partial charge in [0.25, 0.3) is 0 Å². The summed E-state index contributed by atoms with van der Waals surface area (Å²) in [7, 11) is 0. The zero-order chi connectivity index (χ0) is 44.3. The van der Waals surface area contributed by atoms with Gasteiger partial charge in [-0.1, -0.05) is 218 Å². The summed E-state index contributed by atoms with van der Waals surface area (Å²) in [6.45, 7) is 0. The van der Waals surface area contributed by atoms with Crippen LogP contribution in [0.3, 0.4) is 0 Å². The monoisotopic (exact) mass is 853 g/mol. The van der Waals surface area contributed by atoms with E-state index < -0.39 is 5.41 Å². The summed E-state index contributed by atoms with van der Waals surface area (Å²) in [6, 6.07) is 95.1. The van der Waals surface area contributed by atoms with Crippen molar-refractivity contribution >= 4 is 49.8 Å². The molecule has 11 aromatic carbocycles. The normalized spacial score (nSPS) is 12.6. The SMILES string of the molecule is c1ccc(-c2ccc3oc4cccc(N(c5cccc(C6(c7ccccc7)c7ccccc7-c7ccccc76)c5)c5ccccc5-c5ccc(-c6ccccc6)c6ccccc56)c4c3c2)cc1. The van der Waals surface area contributed by atoms with E-state index in [2.05, 4.69) is 266 Å². The topological polar surface area (TPSA) is 16.4 Å². The van der Waals surface area contributed by atoms with Gasteiger partial charge < -0.3 is 9.32 Å². The van der Waals surface area contributed by atoms with E-state index in [-0.39, 0.29) is 0 Å². The molecule has 0 aliphatic heterocycles. The third-order valence-corrected chi connectivity index (χ3v) is 14.0. The summed E-state index contributed by atoms with van der Waals surface area (Å²) < 4.78 is 6.76. The van der Waals surface area contributed by atoms with Crippen LogP contribution in [0, 0.1) is 0 Å². The Morgan fingerprint density at radius 2 is 0.851 bits per heavy atom. The highest BCUT2D eigenvalue weighted by Crippen LogP contribution is 2.57. The number of nitrogens with zero attached hydrogens (tertiary/aromatic N) is 1. The average Bonchev–Trinajstić information content (AvgIpc) is 3.94. The molecule has 0 unspecified atom stereocenters. The molecule has 1 heterocycles. The Bertz CT molecular complexity index is 3770. The van der Waals surface area contributed by atoms with Crippen molar-refractivity contribution in [3.63, 3.8) is 0 Å². The zero-order valence-electron chi connectivity index (χ0n) is 36.7. The van der Waals surface area contributed by atoms with E-state index in [1.807, 2.05) is 0 Å². The van der Waals surface area contributed by atoms with Crippen LogP contribution in [0.5, 0.6) is 0 Å². The van der Waals surface area contributed by atoms with E-state index >= 15 is 0 Å². The Balaban J connectivity index is 1.10. The van der Waals surface area contributed by atoms with E-state index in [1.165, 1.54) is 66.4 Å². The lowest BCUT2D eigenvalue weighted by atomic mass is 9.67. The van der Waals surface area contributed by atoms with Crippen LogP contribution in [0.2, 0.25) is 0 Å². The maximum Gasteiger partial charge on any atom is 0.137 e. The van der Waals surface area contributed by atoms with Gasteiger partial charge in [0.1, 0.15) is 11.2 Å². The van der Waals surface area contributed by atoms with Gasteiger partial charge in [0.05, 0.1) is 22.2 Å². The van der Waals surface area contributed by atoms with Crippen LogP contribution in [0.1, 0.15) is 22.3 Å². The fourth-order valence-electron chi connectivity index (χ4n) is 11.1. The fraction of sp³-hybridized carbons (Fsp3) is 0.0154. The molecule has 0 fully saturated rings. The summed E-state index contributed by atoms with van der Waals surface area (Å²) in [4.78, 5) is 2.48. The quantitative estimate of drug-likeness (QED) is 0.151. The van der Waals surface area contributed by atoms with Crippen LogP contribution < -0.4 is 4.90 Å². The third-order valence-electron chi connectivity index (χ3n) is 14.0. The molecule has 314 valence electrons. The maximum absolute atomic E-state index is 6.76. The van der Waals surface area contributed by atoms with E-state index in [0.29, 0.717) is 0 Å². The van der Waals surface area contributed by atoms with Gasteiger partial charge in [-0.3, -0.25) is 0 Å². The molecule has 0 bridgehead atoms. The first-order valence-corrected chi connectivity index (χ1v) is 23.1. The smallest absolute Gasteiger partial charge is 0.137 e. The highest BCUT2D eigenvalue weighted by atomic mass is 16.3. The van der Waals surface area contributed by atoms with Gasteiger partial charge in [-0.25, -0.2) is 0 Å². The van der Waals surface area contributed by atoms with Gasteiger partial charge in [0.2, 0.25) is 0 Å². The lowest BCUT2D eigenvalue weighted by Crippen LogP contribution is -2.28. The molecule has 1 aliphatic carbocycles. The van der Waals surface area contributed by atoms with Crippen molar-refractivity contribution in [1.82, 2.24) is 0 Å². The number of hydrogen-bond acceptors (Lipinski definition) is 2.